The lowest BCUT2D eigenvalue weighted by molar-refractivity contribution is -0.139. The van der Waals surface area contributed by atoms with Gasteiger partial charge < -0.3 is 15.0 Å². The van der Waals surface area contributed by atoms with Crippen molar-refractivity contribution < 1.29 is 22.7 Å². The Kier molecular flexibility index (Phi) is 10.8. The van der Waals surface area contributed by atoms with E-state index in [1.54, 1.807) is 49.4 Å². The summed E-state index contributed by atoms with van der Waals surface area (Å²) in [6, 6.07) is 18.3. The fraction of sp³-hybridized carbons (Fsp3) is 0.310. The van der Waals surface area contributed by atoms with Gasteiger partial charge in [0.2, 0.25) is 11.8 Å². The molecular weight excluding hydrogens is 573 g/mol. The number of methoxy groups -OCH3 is 1. The molecule has 0 unspecified atom stereocenters. The number of nitrogens with one attached hydrogen (secondary N) is 1. The minimum atomic E-state index is -4.25. The summed E-state index contributed by atoms with van der Waals surface area (Å²) in [6.45, 7) is 5.38. The molecule has 0 heterocycles. The predicted molar refractivity (Wildman–Crippen MR) is 158 cm³/mol. The smallest absolute Gasteiger partial charge is 0.264 e. The summed E-state index contributed by atoms with van der Waals surface area (Å²) in [4.78, 5) is 28.4. The number of hydrogen-bond donors (Lipinski definition) is 1. The van der Waals surface area contributed by atoms with Gasteiger partial charge in [0.15, 0.2) is 0 Å². The molecular formula is C29H33Cl2N3O5S. The maximum Gasteiger partial charge on any atom is 0.264 e. The molecule has 1 N–H and O–H groups in total. The summed E-state index contributed by atoms with van der Waals surface area (Å²) in [6.07, 6.45) is 0. The second-order valence-corrected chi connectivity index (χ2v) is 12.3. The first-order valence-electron chi connectivity index (χ1n) is 12.7. The van der Waals surface area contributed by atoms with E-state index in [0.29, 0.717) is 17.9 Å². The number of hydrogen-bond acceptors (Lipinski definition) is 5. The Bertz CT molecular complexity index is 1430. The molecule has 0 aliphatic rings. The minimum Gasteiger partial charge on any atom is -0.497 e. The lowest BCUT2D eigenvalue weighted by atomic mass is 10.1. The van der Waals surface area contributed by atoms with E-state index in [1.807, 2.05) is 13.8 Å². The highest BCUT2D eigenvalue weighted by atomic mass is 35.5. The van der Waals surface area contributed by atoms with E-state index in [2.05, 4.69) is 5.32 Å². The molecule has 2 amide bonds. The number of sulfonamides is 1. The Balaban J connectivity index is 2.05. The van der Waals surface area contributed by atoms with E-state index in [4.69, 9.17) is 27.9 Å². The average molecular weight is 607 g/mol. The zero-order chi connectivity index (χ0) is 29.4. The Morgan fingerprint density at radius 1 is 0.950 bits per heavy atom. The molecule has 0 spiro atoms. The highest BCUT2D eigenvalue weighted by Crippen LogP contribution is 2.33. The molecule has 3 aromatic carbocycles. The lowest BCUT2D eigenvalue weighted by Gasteiger charge is -2.32. The number of nitrogens with zero attached hydrogens (tertiary/aromatic N) is 2. The minimum absolute atomic E-state index is 0.0269. The Morgan fingerprint density at radius 3 is 2.30 bits per heavy atom. The molecule has 0 saturated carbocycles. The third kappa shape index (κ3) is 7.90. The van der Waals surface area contributed by atoms with Gasteiger partial charge in [-0.2, -0.15) is 0 Å². The van der Waals surface area contributed by atoms with Crippen LogP contribution in [0.1, 0.15) is 26.3 Å². The number of ether oxygens (including phenoxy) is 1. The maximum atomic E-state index is 14.0. The van der Waals surface area contributed by atoms with Gasteiger partial charge in [-0.3, -0.25) is 13.9 Å². The van der Waals surface area contributed by atoms with Crippen molar-refractivity contribution >= 4 is 50.7 Å². The molecule has 0 fully saturated rings. The fourth-order valence-electron chi connectivity index (χ4n) is 3.91. The highest BCUT2D eigenvalue weighted by Gasteiger charge is 2.33. The molecule has 40 heavy (non-hydrogen) atoms. The Hall–Kier alpha value is -3.27. The van der Waals surface area contributed by atoms with Gasteiger partial charge in [0.05, 0.1) is 22.7 Å². The second kappa shape index (κ2) is 13.9. The SMILES string of the molecule is COc1cccc(CN(C(=O)CN(c2cc(Cl)ccc2Cl)S(=O)(=O)c2ccccc2)[C@@H](C)C(=O)NCC(C)C)c1. The van der Waals surface area contributed by atoms with Crippen molar-refractivity contribution in [2.24, 2.45) is 5.92 Å². The Morgan fingerprint density at radius 2 is 1.65 bits per heavy atom. The van der Waals surface area contributed by atoms with Gasteiger partial charge >= 0.3 is 0 Å². The molecule has 3 rings (SSSR count). The maximum absolute atomic E-state index is 14.0. The number of rotatable bonds is 12. The van der Waals surface area contributed by atoms with Crippen LogP contribution in [-0.4, -0.2) is 51.4 Å². The number of amides is 2. The zero-order valence-electron chi connectivity index (χ0n) is 22.8. The molecule has 11 heteroatoms. The van der Waals surface area contributed by atoms with E-state index in [9.17, 15) is 18.0 Å². The molecule has 0 bridgehead atoms. The van der Waals surface area contributed by atoms with Crippen LogP contribution in [0, 0.1) is 5.92 Å². The molecule has 0 aliphatic carbocycles. The molecule has 0 aliphatic heterocycles. The first kappa shape index (κ1) is 31.3. The normalized spacial score (nSPS) is 12.1. The van der Waals surface area contributed by atoms with E-state index in [1.165, 1.54) is 42.3 Å². The molecule has 0 aromatic heterocycles. The van der Waals surface area contributed by atoms with Gasteiger partial charge in [-0.25, -0.2) is 8.42 Å². The Labute approximate surface area is 245 Å². The van der Waals surface area contributed by atoms with E-state index < -0.39 is 28.5 Å². The van der Waals surface area contributed by atoms with Crippen LogP contribution in [0.4, 0.5) is 5.69 Å². The summed E-state index contributed by atoms with van der Waals surface area (Å²) in [7, 11) is -2.72. The number of carbonyl (C=O) groups is 2. The topological polar surface area (TPSA) is 96.0 Å². The molecule has 8 nitrogen and oxygen atoms in total. The van der Waals surface area contributed by atoms with Gasteiger partial charge in [-0.15, -0.1) is 0 Å². The first-order chi connectivity index (χ1) is 18.9. The third-order valence-corrected chi connectivity index (χ3v) is 8.45. The first-order valence-corrected chi connectivity index (χ1v) is 14.9. The zero-order valence-corrected chi connectivity index (χ0v) is 25.1. The van der Waals surface area contributed by atoms with Crippen LogP contribution in [0.15, 0.2) is 77.7 Å². The lowest BCUT2D eigenvalue weighted by Crippen LogP contribution is -2.51. The van der Waals surface area contributed by atoms with Crippen molar-refractivity contribution in [2.75, 3.05) is 24.5 Å². The van der Waals surface area contributed by atoms with Crippen molar-refractivity contribution in [3.63, 3.8) is 0 Å². The van der Waals surface area contributed by atoms with E-state index in [-0.39, 0.29) is 39.0 Å². The number of anilines is 1. The van der Waals surface area contributed by atoms with Crippen LogP contribution >= 0.6 is 23.2 Å². The summed E-state index contributed by atoms with van der Waals surface area (Å²) < 4.78 is 33.9. The summed E-state index contributed by atoms with van der Waals surface area (Å²) >= 11 is 12.6. The predicted octanol–water partition coefficient (Wildman–Crippen LogP) is 5.39. The molecule has 0 radical (unpaired) electrons. The molecule has 1 atom stereocenters. The van der Waals surface area contributed by atoms with Crippen LogP contribution in [0.3, 0.4) is 0 Å². The molecule has 3 aromatic rings. The highest BCUT2D eigenvalue weighted by molar-refractivity contribution is 7.92. The average Bonchev–Trinajstić information content (AvgIpc) is 2.94. The van der Waals surface area contributed by atoms with Crippen LogP contribution in [0.2, 0.25) is 10.0 Å². The van der Waals surface area contributed by atoms with Gasteiger partial charge in [0.1, 0.15) is 18.3 Å². The summed E-state index contributed by atoms with van der Waals surface area (Å²) in [5, 5.41) is 3.20. The third-order valence-electron chi connectivity index (χ3n) is 6.13. The van der Waals surface area contributed by atoms with E-state index >= 15 is 0 Å². The van der Waals surface area contributed by atoms with Gasteiger partial charge in [0.25, 0.3) is 10.0 Å². The van der Waals surface area contributed by atoms with Crippen molar-refractivity contribution in [1.82, 2.24) is 10.2 Å². The van der Waals surface area contributed by atoms with Gasteiger partial charge in [-0.1, -0.05) is 67.4 Å². The molecule has 0 saturated heterocycles. The molecule has 214 valence electrons. The largest absolute Gasteiger partial charge is 0.497 e. The van der Waals surface area contributed by atoms with Crippen molar-refractivity contribution in [2.45, 2.75) is 38.3 Å². The number of benzene rings is 3. The van der Waals surface area contributed by atoms with Crippen LogP contribution < -0.4 is 14.4 Å². The monoisotopic (exact) mass is 605 g/mol. The number of carbonyl (C=O) groups excluding carboxylic acids is 2. The number of halogens is 2. The van der Waals surface area contributed by atoms with Crippen molar-refractivity contribution in [3.05, 3.63) is 88.4 Å². The van der Waals surface area contributed by atoms with Crippen LogP contribution in [0.5, 0.6) is 5.75 Å². The van der Waals surface area contributed by atoms with Crippen molar-refractivity contribution in [1.29, 1.82) is 0 Å². The van der Waals surface area contributed by atoms with Crippen LogP contribution in [0.25, 0.3) is 0 Å². The standard InChI is InChI=1S/C29H33Cl2N3O5S/c1-20(2)17-32-29(36)21(3)33(18-22-9-8-10-24(15-22)39-4)28(35)19-34(27-16-23(30)13-14-26(27)31)40(37,38)25-11-6-5-7-12-25/h5-16,20-21H,17-19H2,1-4H3,(H,32,36)/t21-/m0/s1. The summed E-state index contributed by atoms with van der Waals surface area (Å²) in [5.74, 6) is -0.176. The van der Waals surface area contributed by atoms with Gasteiger partial charge in [0, 0.05) is 18.1 Å². The summed E-state index contributed by atoms with van der Waals surface area (Å²) in [5.41, 5.74) is 0.749. The van der Waals surface area contributed by atoms with Crippen molar-refractivity contribution in [3.8, 4) is 5.75 Å². The van der Waals surface area contributed by atoms with Crippen LogP contribution in [-0.2, 0) is 26.2 Å². The van der Waals surface area contributed by atoms with Gasteiger partial charge in [-0.05, 0) is 60.9 Å². The second-order valence-electron chi connectivity index (χ2n) is 9.61. The quantitative estimate of drug-likeness (QED) is 0.299. The van der Waals surface area contributed by atoms with E-state index in [0.717, 1.165) is 4.31 Å². The fourth-order valence-corrected chi connectivity index (χ4v) is 5.79.